The second-order valence-electron chi connectivity index (χ2n) is 6.55. The molecule has 2 amide bonds. The second kappa shape index (κ2) is 7.59. The van der Waals surface area contributed by atoms with Crippen molar-refractivity contribution in [3.63, 3.8) is 0 Å². The SMILES string of the molecule is CCOc1ccccc1N1C[C@H](C(=O)Nc2ccnn2C(C)C)CC1=O. The maximum absolute atomic E-state index is 12.7. The van der Waals surface area contributed by atoms with Gasteiger partial charge in [0.1, 0.15) is 11.6 Å². The molecule has 1 aliphatic rings. The monoisotopic (exact) mass is 356 g/mol. The van der Waals surface area contributed by atoms with Crippen molar-refractivity contribution >= 4 is 23.3 Å². The number of anilines is 2. The molecule has 1 aromatic carbocycles. The fourth-order valence-corrected chi connectivity index (χ4v) is 3.13. The molecular weight excluding hydrogens is 332 g/mol. The Labute approximate surface area is 152 Å². The highest BCUT2D eigenvalue weighted by atomic mass is 16.5. The zero-order valence-electron chi connectivity index (χ0n) is 15.3. The predicted molar refractivity (Wildman–Crippen MR) is 99.3 cm³/mol. The van der Waals surface area contributed by atoms with Crippen LogP contribution in [0.25, 0.3) is 0 Å². The summed E-state index contributed by atoms with van der Waals surface area (Å²) in [5.74, 6) is 0.646. The van der Waals surface area contributed by atoms with Crippen LogP contribution in [0.1, 0.15) is 33.2 Å². The van der Waals surface area contributed by atoms with Crippen molar-refractivity contribution in [2.75, 3.05) is 23.4 Å². The predicted octanol–water partition coefficient (Wildman–Crippen LogP) is 2.85. The molecule has 2 heterocycles. The molecule has 0 spiro atoms. The number of benzene rings is 1. The van der Waals surface area contributed by atoms with E-state index >= 15 is 0 Å². The molecule has 138 valence electrons. The Balaban J connectivity index is 1.73. The fourth-order valence-electron chi connectivity index (χ4n) is 3.13. The van der Waals surface area contributed by atoms with Crippen LogP contribution in [0.2, 0.25) is 0 Å². The van der Waals surface area contributed by atoms with Crippen molar-refractivity contribution in [1.29, 1.82) is 0 Å². The molecule has 0 unspecified atom stereocenters. The molecule has 26 heavy (non-hydrogen) atoms. The lowest BCUT2D eigenvalue weighted by atomic mass is 10.1. The van der Waals surface area contributed by atoms with Crippen molar-refractivity contribution in [1.82, 2.24) is 9.78 Å². The largest absolute Gasteiger partial charge is 0.492 e. The minimum atomic E-state index is -0.410. The van der Waals surface area contributed by atoms with Gasteiger partial charge in [-0.15, -0.1) is 0 Å². The fraction of sp³-hybridized carbons (Fsp3) is 0.421. The van der Waals surface area contributed by atoms with Gasteiger partial charge in [0.15, 0.2) is 0 Å². The van der Waals surface area contributed by atoms with Crippen molar-refractivity contribution in [2.24, 2.45) is 5.92 Å². The van der Waals surface area contributed by atoms with Crippen LogP contribution in [0.5, 0.6) is 5.75 Å². The first-order valence-corrected chi connectivity index (χ1v) is 8.87. The van der Waals surface area contributed by atoms with Crippen LogP contribution in [0.15, 0.2) is 36.5 Å². The first kappa shape index (κ1) is 18.0. The van der Waals surface area contributed by atoms with Crippen molar-refractivity contribution in [2.45, 2.75) is 33.2 Å². The number of nitrogens with zero attached hydrogens (tertiary/aromatic N) is 3. The quantitative estimate of drug-likeness (QED) is 0.863. The minimum Gasteiger partial charge on any atom is -0.492 e. The Kier molecular flexibility index (Phi) is 5.25. The second-order valence-corrected chi connectivity index (χ2v) is 6.55. The topological polar surface area (TPSA) is 76.5 Å². The Morgan fingerprint density at radius 3 is 2.85 bits per heavy atom. The van der Waals surface area contributed by atoms with Gasteiger partial charge in [0.05, 0.1) is 24.4 Å². The lowest BCUT2D eigenvalue weighted by Crippen LogP contribution is -2.29. The van der Waals surface area contributed by atoms with E-state index < -0.39 is 5.92 Å². The summed E-state index contributed by atoms with van der Waals surface area (Å²) in [4.78, 5) is 26.8. The molecule has 0 radical (unpaired) electrons. The van der Waals surface area contributed by atoms with Crippen molar-refractivity contribution in [3.05, 3.63) is 36.5 Å². The number of rotatable bonds is 6. The number of amides is 2. The minimum absolute atomic E-state index is 0.0744. The summed E-state index contributed by atoms with van der Waals surface area (Å²) in [5.41, 5.74) is 0.710. The molecule has 7 nitrogen and oxygen atoms in total. The molecule has 1 saturated heterocycles. The number of carbonyl (C=O) groups excluding carboxylic acids is 2. The number of carbonyl (C=O) groups is 2. The summed E-state index contributed by atoms with van der Waals surface area (Å²) in [7, 11) is 0. The summed E-state index contributed by atoms with van der Waals surface area (Å²) >= 11 is 0. The molecule has 0 aliphatic carbocycles. The van der Waals surface area contributed by atoms with E-state index in [1.165, 1.54) is 0 Å². The number of nitrogens with one attached hydrogen (secondary N) is 1. The molecule has 1 atom stereocenters. The van der Waals surface area contributed by atoms with E-state index in [2.05, 4.69) is 10.4 Å². The van der Waals surface area contributed by atoms with Crippen LogP contribution >= 0.6 is 0 Å². The highest BCUT2D eigenvalue weighted by Crippen LogP contribution is 2.33. The number of para-hydroxylation sites is 2. The Bertz CT molecular complexity index is 800. The van der Waals surface area contributed by atoms with Gasteiger partial charge in [0.2, 0.25) is 11.8 Å². The molecule has 0 bridgehead atoms. The summed E-state index contributed by atoms with van der Waals surface area (Å²) in [6, 6.07) is 9.31. The van der Waals surface area contributed by atoms with Gasteiger partial charge in [0, 0.05) is 25.1 Å². The Hall–Kier alpha value is -2.83. The third-order valence-corrected chi connectivity index (χ3v) is 4.36. The van der Waals surface area contributed by atoms with Crippen LogP contribution in [0.3, 0.4) is 0 Å². The normalized spacial score (nSPS) is 17.0. The first-order valence-electron chi connectivity index (χ1n) is 8.87. The van der Waals surface area contributed by atoms with Crippen LogP contribution < -0.4 is 15.0 Å². The molecule has 1 aliphatic heterocycles. The number of hydrogen-bond acceptors (Lipinski definition) is 4. The summed E-state index contributed by atoms with van der Waals surface area (Å²) in [6.07, 6.45) is 1.84. The van der Waals surface area contributed by atoms with Crippen molar-refractivity contribution in [3.8, 4) is 5.75 Å². The Morgan fingerprint density at radius 1 is 1.35 bits per heavy atom. The molecular formula is C19H24N4O3. The van der Waals surface area contributed by atoms with Gasteiger partial charge in [-0.05, 0) is 32.9 Å². The average molecular weight is 356 g/mol. The highest BCUT2D eigenvalue weighted by molar-refractivity contribution is 6.04. The zero-order valence-corrected chi connectivity index (χ0v) is 15.3. The standard InChI is InChI=1S/C19H24N4O3/c1-4-26-16-8-6-5-7-15(16)22-12-14(11-18(22)24)19(25)21-17-9-10-20-23(17)13(2)3/h5-10,13-14H,4,11-12H2,1-3H3,(H,21,25)/t14-/m1/s1. The van der Waals surface area contributed by atoms with Gasteiger partial charge >= 0.3 is 0 Å². The van der Waals surface area contributed by atoms with Gasteiger partial charge in [-0.3, -0.25) is 9.59 Å². The lowest BCUT2D eigenvalue weighted by molar-refractivity contribution is -0.122. The van der Waals surface area contributed by atoms with Gasteiger partial charge < -0.3 is 15.0 Å². The third-order valence-electron chi connectivity index (χ3n) is 4.36. The van der Waals surface area contributed by atoms with Gasteiger partial charge in [-0.25, -0.2) is 4.68 Å². The van der Waals surface area contributed by atoms with E-state index in [1.807, 2.05) is 45.0 Å². The summed E-state index contributed by atoms with van der Waals surface area (Å²) in [6.45, 7) is 6.74. The molecule has 0 saturated carbocycles. The molecule has 7 heteroatoms. The van der Waals surface area contributed by atoms with Gasteiger partial charge in [0.25, 0.3) is 0 Å². The van der Waals surface area contributed by atoms with E-state index in [1.54, 1.807) is 21.8 Å². The van der Waals surface area contributed by atoms with E-state index in [0.717, 1.165) is 0 Å². The van der Waals surface area contributed by atoms with E-state index in [4.69, 9.17) is 4.74 Å². The average Bonchev–Trinajstić information content (AvgIpc) is 3.22. The molecule has 3 rings (SSSR count). The highest BCUT2D eigenvalue weighted by Gasteiger charge is 2.36. The zero-order chi connectivity index (χ0) is 18.7. The van der Waals surface area contributed by atoms with Crippen molar-refractivity contribution < 1.29 is 14.3 Å². The molecule has 1 aromatic heterocycles. The molecule has 1 N–H and O–H groups in total. The van der Waals surface area contributed by atoms with Crippen LogP contribution in [-0.2, 0) is 9.59 Å². The lowest BCUT2D eigenvalue weighted by Gasteiger charge is -2.20. The van der Waals surface area contributed by atoms with E-state index in [9.17, 15) is 9.59 Å². The van der Waals surface area contributed by atoms with Crippen LogP contribution in [0.4, 0.5) is 11.5 Å². The smallest absolute Gasteiger partial charge is 0.230 e. The molecule has 2 aromatic rings. The van der Waals surface area contributed by atoms with E-state index in [-0.39, 0.29) is 24.3 Å². The summed E-state index contributed by atoms with van der Waals surface area (Å²) < 4.78 is 7.36. The summed E-state index contributed by atoms with van der Waals surface area (Å²) in [5, 5.41) is 7.11. The number of hydrogen-bond donors (Lipinski definition) is 1. The maximum Gasteiger partial charge on any atom is 0.230 e. The van der Waals surface area contributed by atoms with Crippen LogP contribution in [-0.4, -0.2) is 34.7 Å². The number of aromatic nitrogens is 2. The van der Waals surface area contributed by atoms with E-state index in [0.29, 0.717) is 30.4 Å². The van der Waals surface area contributed by atoms with Gasteiger partial charge in [-0.2, -0.15) is 5.10 Å². The van der Waals surface area contributed by atoms with Crippen LogP contribution in [0, 0.1) is 5.92 Å². The first-order chi connectivity index (χ1) is 12.5. The molecule has 1 fully saturated rings. The Morgan fingerprint density at radius 2 is 2.12 bits per heavy atom. The third kappa shape index (κ3) is 3.56. The van der Waals surface area contributed by atoms with Gasteiger partial charge in [-0.1, -0.05) is 12.1 Å². The number of ether oxygens (including phenoxy) is 1. The maximum atomic E-state index is 12.7.